The molecule has 0 spiro atoms. The van der Waals surface area contributed by atoms with E-state index in [2.05, 4.69) is 10.2 Å². The van der Waals surface area contributed by atoms with E-state index in [4.69, 9.17) is 21.6 Å². The van der Waals surface area contributed by atoms with Gasteiger partial charge in [-0.1, -0.05) is 11.6 Å². The first-order valence-electron chi connectivity index (χ1n) is 8.93. The standard InChI is InChI=1S/C21H19ClF2N4O/c1-12(2)28-19(15-7-5-13(11-25)9-16(15)23)26-27-20(28)21(3,4)29-18-8-6-14(22)10-17(18)24/h5-10,12H,1-4H3. The van der Waals surface area contributed by atoms with Crippen molar-refractivity contribution in [1.82, 2.24) is 14.8 Å². The Morgan fingerprint density at radius 1 is 1.10 bits per heavy atom. The summed E-state index contributed by atoms with van der Waals surface area (Å²) < 4.78 is 36.4. The molecule has 0 aliphatic heterocycles. The smallest absolute Gasteiger partial charge is 0.177 e. The SMILES string of the molecule is CC(C)n1c(-c2ccc(C#N)cc2F)nnc1C(C)(C)Oc1ccc(Cl)cc1F. The second-order valence-corrected chi connectivity index (χ2v) is 7.74. The van der Waals surface area contributed by atoms with Crippen molar-refractivity contribution >= 4 is 11.6 Å². The number of aromatic nitrogens is 3. The Hall–Kier alpha value is -2.98. The Morgan fingerprint density at radius 3 is 2.41 bits per heavy atom. The lowest BCUT2D eigenvalue weighted by molar-refractivity contribution is 0.0871. The predicted molar refractivity (Wildman–Crippen MR) is 106 cm³/mol. The van der Waals surface area contributed by atoms with E-state index in [-0.39, 0.29) is 27.9 Å². The zero-order chi connectivity index (χ0) is 21.3. The van der Waals surface area contributed by atoms with Crippen LogP contribution in [0.25, 0.3) is 11.4 Å². The molecule has 3 aromatic rings. The number of rotatable bonds is 5. The molecular formula is C21H19ClF2N4O. The van der Waals surface area contributed by atoms with Crippen molar-refractivity contribution in [3.8, 4) is 23.2 Å². The molecule has 29 heavy (non-hydrogen) atoms. The highest BCUT2D eigenvalue weighted by Crippen LogP contribution is 2.34. The number of hydrogen-bond donors (Lipinski definition) is 0. The molecule has 0 atom stereocenters. The van der Waals surface area contributed by atoms with Gasteiger partial charge in [-0.15, -0.1) is 10.2 Å². The lowest BCUT2D eigenvalue weighted by atomic mass is 10.1. The molecule has 1 heterocycles. The van der Waals surface area contributed by atoms with E-state index in [9.17, 15) is 8.78 Å². The van der Waals surface area contributed by atoms with Crippen LogP contribution < -0.4 is 4.74 Å². The molecule has 2 aromatic carbocycles. The summed E-state index contributed by atoms with van der Waals surface area (Å²) in [7, 11) is 0. The van der Waals surface area contributed by atoms with Gasteiger partial charge in [-0.2, -0.15) is 5.26 Å². The number of halogens is 3. The van der Waals surface area contributed by atoms with Gasteiger partial charge in [0, 0.05) is 11.1 Å². The van der Waals surface area contributed by atoms with E-state index < -0.39 is 17.2 Å². The van der Waals surface area contributed by atoms with E-state index >= 15 is 0 Å². The minimum Gasteiger partial charge on any atom is -0.477 e. The highest BCUT2D eigenvalue weighted by atomic mass is 35.5. The molecule has 1 aromatic heterocycles. The zero-order valence-electron chi connectivity index (χ0n) is 16.4. The molecule has 0 bridgehead atoms. The van der Waals surface area contributed by atoms with Crippen LogP contribution in [-0.4, -0.2) is 14.8 Å². The second kappa shape index (κ2) is 7.80. The van der Waals surface area contributed by atoms with Gasteiger partial charge in [-0.25, -0.2) is 8.78 Å². The van der Waals surface area contributed by atoms with Crippen molar-refractivity contribution in [1.29, 1.82) is 5.26 Å². The average Bonchev–Trinajstić information content (AvgIpc) is 3.10. The van der Waals surface area contributed by atoms with Gasteiger partial charge in [0.2, 0.25) is 0 Å². The molecule has 0 unspecified atom stereocenters. The van der Waals surface area contributed by atoms with Crippen LogP contribution in [0.2, 0.25) is 5.02 Å². The van der Waals surface area contributed by atoms with E-state index in [0.29, 0.717) is 11.6 Å². The van der Waals surface area contributed by atoms with Crippen molar-refractivity contribution in [2.45, 2.75) is 39.3 Å². The maximum absolute atomic E-state index is 14.6. The molecule has 0 saturated carbocycles. The summed E-state index contributed by atoms with van der Waals surface area (Å²) in [6, 6.07) is 10.1. The highest BCUT2D eigenvalue weighted by Gasteiger charge is 2.33. The minimum atomic E-state index is -1.08. The Bertz CT molecular complexity index is 1100. The van der Waals surface area contributed by atoms with Crippen LogP contribution in [0.4, 0.5) is 8.78 Å². The fourth-order valence-electron chi connectivity index (χ4n) is 3.02. The summed E-state index contributed by atoms with van der Waals surface area (Å²) in [6.45, 7) is 7.25. The Morgan fingerprint density at radius 2 is 1.83 bits per heavy atom. The van der Waals surface area contributed by atoms with E-state index in [0.717, 1.165) is 12.1 Å². The molecule has 8 heteroatoms. The maximum Gasteiger partial charge on any atom is 0.177 e. The monoisotopic (exact) mass is 416 g/mol. The number of hydrogen-bond acceptors (Lipinski definition) is 4. The number of nitriles is 1. The van der Waals surface area contributed by atoms with Crippen LogP contribution in [0.5, 0.6) is 5.75 Å². The number of ether oxygens (including phenoxy) is 1. The topological polar surface area (TPSA) is 63.7 Å². The summed E-state index contributed by atoms with van der Waals surface area (Å²) in [5.41, 5.74) is -0.651. The molecule has 0 saturated heterocycles. The van der Waals surface area contributed by atoms with Crippen LogP contribution in [0.3, 0.4) is 0 Å². The van der Waals surface area contributed by atoms with Gasteiger partial charge >= 0.3 is 0 Å². The van der Waals surface area contributed by atoms with Gasteiger partial charge < -0.3 is 9.30 Å². The summed E-state index contributed by atoms with van der Waals surface area (Å²) in [5, 5.41) is 17.6. The number of benzene rings is 2. The normalized spacial score (nSPS) is 11.6. The third-order valence-electron chi connectivity index (χ3n) is 4.35. The molecule has 3 rings (SSSR count). The van der Waals surface area contributed by atoms with E-state index in [1.54, 1.807) is 18.4 Å². The molecule has 0 N–H and O–H groups in total. The molecule has 0 fully saturated rings. The van der Waals surface area contributed by atoms with Gasteiger partial charge in [0.05, 0.1) is 17.2 Å². The largest absolute Gasteiger partial charge is 0.477 e. The van der Waals surface area contributed by atoms with Crippen molar-refractivity contribution < 1.29 is 13.5 Å². The first-order valence-corrected chi connectivity index (χ1v) is 9.31. The first-order chi connectivity index (χ1) is 13.6. The van der Waals surface area contributed by atoms with Crippen molar-refractivity contribution in [2.75, 3.05) is 0 Å². The van der Waals surface area contributed by atoms with Gasteiger partial charge in [0.1, 0.15) is 5.82 Å². The summed E-state index contributed by atoms with van der Waals surface area (Å²) in [6.07, 6.45) is 0. The fraction of sp³-hybridized carbons (Fsp3) is 0.286. The van der Waals surface area contributed by atoms with Crippen molar-refractivity contribution in [3.63, 3.8) is 0 Å². The lowest BCUT2D eigenvalue weighted by Gasteiger charge is -2.28. The third-order valence-corrected chi connectivity index (χ3v) is 4.58. The first kappa shape index (κ1) is 20.7. The summed E-state index contributed by atoms with van der Waals surface area (Å²) >= 11 is 5.80. The summed E-state index contributed by atoms with van der Waals surface area (Å²) in [5.74, 6) is -0.457. The van der Waals surface area contributed by atoms with E-state index in [1.807, 2.05) is 19.9 Å². The van der Waals surface area contributed by atoms with Crippen LogP contribution in [0.15, 0.2) is 36.4 Å². The number of nitrogens with zero attached hydrogens (tertiary/aromatic N) is 4. The molecular weight excluding hydrogens is 398 g/mol. The molecule has 0 amide bonds. The van der Waals surface area contributed by atoms with Crippen LogP contribution in [-0.2, 0) is 5.60 Å². The quantitative estimate of drug-likeness (QED) is 0.539. The highest BCUT2D eigenvalue weighted by molar-refractivity contribution is 6.30. The lowest BCUT2D eigenvalue weighted by Crippen LogP contribution is -2.31. The van der Waals surface area contributed by atoms with Gasteiger partial charge in [-0.05, 0) is 64.1 Å². The summed E-state index contributed by atoms with van der Waals surface area (Å²) in [4.78, 5) is 0. The van der Waals surface area contributed by atoms with Gasteiger partial charge in [0.15, 0.2) is 28.8 Å². The zero-order valence-corrected chi connectivity index (χ0v) is 17.1. The Kier molecular flexibility index (Phi) is 5.58. The Labute approximate surface area is 172 Å². The Balaban J connectivity index is 2.07. The van der Waals surface area contributed by atoms with Crippen LogP contribution in [0, 0.1) is 23.0 Å². The minimum absolute atomic E-state index is 0.0174. The van der Waals surface area contributed by atoms with E-state index in [1.165, 1.54) is 24.3 Å². The molecule has 150 valence electrons. The van der Waals surface area contributed by atoms with Gasteiger partial charge in [0.25, 0.3) is 0 Å². The van der Waals surface area contributed by atoms with Crippen molar-refractivity contribution in [3.05, 3.63) is 64.4 Å². The molecule has 0 radical (unpaired) electrons. The third kappa shape index (κ3) is 4.08. The van der Waals surface area contributed by atoms with Crippen LogP contribution in [0.1, 0.15) is 45.1 Å². The fourth-order valence-corrected chi connectivity index (χ4v) is 3.18. The average molecular weight is 417 g/mol. The predicted octanol–water partition coefficient (Wildman–Crippen LogP) is 5.64. The molecule has 0 aliphatic carbocycles. The van der Waals surface area contributed by atoms with Gasteiger partial charge in [-0.3, -0.25) is 0 Å². The molecule has 0 aliphatic rings. The maximum atomic E-state index is 14.6. The second-order valence-electron chi connectivity index (χ2n) is 7.30. The van der Waals surface area contributed by atoms with Crippen LogP contribution >= 0.6 is 11.6 Å². The van der Waals surface area contributed by atoms with Crippen molar-refractivity contribution in [2.24, 2.45) is 0 Å². The molecule has 5 nitrogen and oxygen atoms in total.